The molecule has 0 spiro atoms. The third-order valence-electron chi connectivity index (χ3n) is 2.82. The minimum Gasteiger partial charge on any atom is -0.382 e. The van der Waals surface area contributed by atoms with Gasteiger partial charge in [0.15, 0.2) is 5.96 Å². The number of hydrogen-bond donors (Lipinski definition) is 1. The second kappa shape index (κ2) is 10.5. The van der Waals surface area contributed by atoms with Crippen LogP contribution in [0.2, 0.25) is 0 Å². The average molecular weight is 314 g/mol. The van der Waals surface area contributed by atoms with Crippen LogP contribution >= 0.6 is 11.3 Å². The Hall–Kier alpha value is -1.18. The predicted octanol–water partition coefficient (Wildman–Crippen LogP) is 1.51. The number of thiazole rings is 1. The molecule has 0 saturated carbocycles. The van der Waals surface area contributed by atoms with E-state index in [1.165, 1.54) is 0 Å². The number of guanidine groups is 1. The highest BCUT2D eigenvalue weighted by Gasteiger charge is 2.08. The Morgan fingerprint density at radius 3 is 2.86 bits per heavy atom. The van der Waals surface area contributed by atoms with Gasteiger partial charge in [0.25, 0.3) is 0 Å². The fourth-order valence-corrected chi connectivity index (χ4v) is 2.41. The van der Waals surface area contributed by atoms with E-state index in [9.17, 15) is 0 Å². The number of hydrogen-bond acceptors (Lipinski definition) is 5. The molecule has 21 heavy (non-hydrogen) atoms. The Kier molecular flexibility index (Phi) is 8.96. The average Bonchev–Trinajstić information content (AvgIpc) is 2.87. The van der Waals surface area contributed by atoms with E-state index in [-0.39, 0.29) is 0 Å². The molecule has 0 aliphatic heterocycles. The van der Waals surface area contributed by atoms with Crippen LogP contribution < -0.4 is 5.32 Å². The number of rotatable bonds is 9. The van der Waals surface area contributed by atoms with Crippen molar-refractivity contribution in [2.45, 2.75) is 19.9 Å². The van der Waals surface area contributed by atoms with E-state index in [2.05, 4.69) is 25.6 Å². The molecule has 0 amide bonds. The van der Waals surface area contributed by atoms with Crippen LogP contribution in [-0.2, 0) is 16.0 Å². The fourth-order valence-electron chi connectivity index (χ4n) is 1.80. The van der Waals surface area contributed by atoms with Gasteiger partial charge in [-0.25, -0.2) is 4.98 Å². The van der Waals surface area contributed by atoms with Gasteiger partial charge in [-0.1, -0.05) is 0 Å². The maximum Gasteiger partial charge on any atom is 0.193 e. The van der Waals surface area contributed by atoms with Gasteiger partial charge >= 0.3 is 0 Å². The first kappa shape index (κ1) is 17.9. The van der Waals surface area contributed by atoms with E-state index < -0.39 is 0 Å². The standard InChI is InChI=1S/C14H26N4O2S/c1-12-17-13(11-21-12)10-18(3)14(15-2)16-6-5-7-20-9-8-19-4/h11H,5-10H2,1-4H3,(H,15,16). The summed E-state index contributed by atoms with van der Waals surface area (Å²) in [6.45, 7) is 5.63. The lowest BCUT2D eigenvalue weighted by atomic mass is 10.4. The number of nitrogens with zero attached hydrogens (tertiary/aromatic N) is 3. The van der Waals surface area contributed by atoms with E-state index in [4.69, 9.17) is 9.47 Å². The molecule has 0 saturated heterocycles. The molecule has 0 radical (unpaired) electrons. The summed E-state index contributed by atoms with van der Waals surface area (Å²) in [6, 6.07) is 0. The topological polar surface area (TPSA) is 59.0 Å². The third-order valence-corrected chi connectivity index (χ3v) is 3.64. The van der Waals surface area contributed by atoms with Crippen LogP contribution in [0.15, 0.2) is 10.4 Å². The van der Waals surface area contributed by atoms with Gasteiger partial charge < -0.3 is 19.7 Å². The maximum atomic E-state index is 5.42. The molecule has 0 atom stereocenters. The molecule has 120 valence electrons. The van der Waals surface area contributed by atoms with Crippen LogP contribution in [0.5, 0.6) is 0 Å². The van der Waals surface area contributed by atoms with Crippen molar-refractivity contribution >= 4 is 17.3 Å². The molecule has 0 aromatic carbocycles. The number of nitrogens with one attached hydrogen (secondary N) is 1. The molecule has 0 bridgehead atoms. The van der Waals surface area contributed by atoms with E-state index in [1.807, 2.05) is 14.0 Å². The van der Waals surface area contributed by atoms with Crippen LogP contribution in [0.25, 0.3) is 0 Å². The molecule has 0 aliphatic rings. The lowest BCUT2D eigenvalue weighted by Crippen LogP contribution is -2.39. The quantitative estimate of drug-likeness (QED) is 0.425. The van der Waals surface area contributed by atoms with E-state index in [1.54, 1.807) is 25.5 Å². The Labute approximate surface area is 131 Å². The molecule has 1 N–H and O–H groups in total. The van der Waals surface area contributed by atoms with Gasteiger partial charge in [0, 0.05) is 39.7 Å². The Morgan fingerprint density at radius 1 is 1.43 bits per heavy atom. The summed E-state index contributed by atoms with van der Waals surface area (Å²) in [6.07, 6.45) is 0.937. The zero-order chi connectivity index (χ0) is 15.5. The molecule has 1 heterocycles. The number of aromatic nitrogens is 1. The van der Waals surface area contributed by atoms with E-state index in [0.717, 1.165) is 42.8 Å². The molecule has 0 fully saturated rings. The number of aryl methyl sites for hydroxylation is 1. The van der Waals surface area contributed by atoms with Gasteiger partial charge in [0.1, 0.15) is 0 Å². The molecular formula is C14H26N4O2S. The van der Waals surface area contributed by atoms with Crippen molar-refractivity contribution in [2.24, 2.45) is 4.99 Å². The van der Waals surface area contributed by atoms with Crippen molar-refractivity contribution in [3.05, 3.63) is 16.1 Å². The van der Waals surface area contributed by atoms with Gasteiger partial charge in [0.05, 0.1) is 30.5 Å². The van der Waals surface area contributed by atoms with Crippen molar-refractivity contribution in [1.29, 1.82) is 0 Å². The van der Waals surface area contributed by atoms with E-state index in [0.29, 0.717) is 13.2 Å². The monoisotopic (exact) mass is 314 g/mol. The highest BCUT2D eigenvalue weighted by molar-refractivity contribution is 7.09. The molecule has 0 unspecified atom stereocenters. The van der Waals surface area contributed by atoms with Crippen molar-refractivity contribution in [1.82, 2.24) is 15.2 Å². The van der Waals surface area contributed by atoms with Crippen LogP contribution in [0.4, 0.5) is 0 Å². The molecule has 1 aromatic heterocycles. The van der Waals surface area contributed by atoms with Gasteiger partial charge in [0.2, 0.25) is 0 Å². The van der Waals surface area contributed by atoms with Crippen LogP contribution in [0.1, 0.15) is 17.1 Å². The number of aliphatic imine (C=N–C) groups is 1. The second-order valence-electron chi connectivity index (χ2n) is 4.65. The molecule has 6 nitrogen and oxygen atoms in total. The molecule has 1 aromatic rings. The first-order chi connectivity index (χ1) is 10.2. The maximum absolute atomic E-state index is 5.42. The smallest absolute Gasteiger partial charge is 0.193 e. The van der Waals surface area contributed by atoms with Crippen molar-refractivity contribution in [3.8, 4) is 0 Å². The zero-order valence-corrected chi connectivity index (χ0v) is 14.2. The predicted molar refractivity (Wildman–Crippen MR) is 87.0 cm³/mol. The first-order valence-corrected chi connectivity index (χ1v) is 7.94. The normalized spacial score (nSPS) is 11.7. The molecule has 7 heteroatoms. The lowest BCUT2D eigenvalue weighted by Gasteiger charge is -2.21. The summed E-state index contributed by atoms with van der Waals surface area (Å²) in [5.41, 5.74) is 1.07. The summed E-state index contributed by atoms with van der Waals surface area (Å²) < 4.78 is 10.3. The number of ether oxygens (including phenoxy) is 2. The summed E-state index contributed by atoms with van der Waals surface area (Å²) in [5, 5.41) is 6.51. The zero-order valence-electron chi connectivity index (χ0n) is 13.4. The van der Waals surface area contributed by atoms with Gasteiger partial charge in [-0.15, -0.1) is 11.3 Å². The second-order valence-corrected chi connectivity index (χ2v) is 5.71. The van der Waals surface area contributed by atoms with Crippen molar-refractivity contribution in [3.63, 3.8) is 0 Å². The van der Waals surface area contributed by atoms with Gasteiger partial charge in [-0.2, -0.15) is 0 Å². The Bertz CT molecular complexity index is 423. The minimum absolute atomic E-state index is 0.644. The summed E-state index contributed by atoms with van der Waals surface area (Å²) in [5.74, 6) is 0.873. The molecule has 0 aliphatic carbocycles. The minimum atomic E-state index is 0.644. The summed E-state index contributed by atoms with van der Waals surface area (Å²) >= 11 is 1.67. The Balaban J connectivity index is 2.21. The highest BCUT2D eigenvalue weighted by atomic mass is 32.1. The SMILES string of the molecule is CN=C(NCCCOCCOC)N(C)Cc1csc(C)n1. The first-order valence-electron chi connectivity index (χ1n) is 7.06. The van der Waals surface area contributed by atoms with Crippen molar-refractivity contribution < 1.29 is 9.47 Å². The summed E-state index contributed by atoms with van der Waals surface area (Å²) in [4.78, 5) is 10.8. The van der Waals surface area contributed by atoms with E-state index >= 15 is 0 Å². The lowest BCUT2D eigenvalue weighted by molar-refractivity contribution is 0.0698. The molecular weight excluding hydrogens is 288 g/mol. The van der Waals surface area contributed by atoms with Gasteiger partial charge in [-0.05, 0) is 13.3 Å². The Morgan fingerprint density at radius 2 is 2.24 bits per heavy atom. The van der Waals surface area contributed by atoms with Crippen LogP contribution in [0.3, 0.4) is 0 Å². The van der Waals surface area contributed by atoms with Crippen LogP contribution in [-0.4, -0.2) is 63.4 Å². The molecule has 1 rings (SSSR count). The van der Waals surface area contributed by atoms with Crippen molar-refractivity contribution in [2.75, 3.05) is 47.6 Å². The van der Waals surface area contributed by atoms with Gasteiger partial charge in [-0.3, -0.25) is 4.99 Å². The third kappa shape index (κ3) is 7.40. The number of methoxy groups -OCH3 is 1. The highest BCUT2D eigenvalue weighted by Crippen LogP contribution is 2.09. The summed E-state index contributed by atoms with van der Waals surface area (Å²) in [7, 11) is 5.48. The van der Waals surface area contributed by atoms with Crippen LogP contribution in [0, 0.1) is 6.92 Å². The largest absolute Gasteiger partial charge is 0.382 e. The fraction of sp³-hybridized carbons (Fsp3) is 0.714.